The number of hydrogen-bond acceptors (Lipinski definition) is 0. The van der Waals surface area contributed by atoms with Gasteiger partial charge >= 0.3 is 0 Å². The van der Waals surface area contributed by atoms with Crippen molar-refractivity contribution >= 4 is 37.4 Å². The number of hydrogen-bond donors (Lipinski definition) is 0. The van der Waals surface area contributed by atoms with Gasteiger partial charge in [0.15, 0.2) is 0 Å². The molecule has 3 fully saturated rings. The van der Waals surface area contributed by atoms with Crippen LogP contribution in [0.4, 0.5) is 8.78 Å². The van der Waals surface area contributed by atoms with E-state index in [9.17, 15) is 8.78 Å². The molecule has 0 aromatic heterocycles. The lowest BCUT2D eigenvalue weighted by molar-refractivity contribution is 0.0824. The highest BCUT2D eigenvalue weighted by Crippen LogP contribution is 2.87. The number of benzene rings is 2. The fourth-order valence-electron chi connectivity index (χ4n) is 5.18. The molecule has 0 aliphatic heterocycles. The third-order valence-corrected chi connectivity index (χ3v) is 10.1. The van der Waals surface area contributed by atoms with E-state index in [0.717, 1.165) is 29.5 Å². The molecule has 2 aromatic rings. The van der Waals surface area contributed by atoms with Gasteiger partial charge in [0.1, 0.15) is 8.65 Å². The molecule has 0 unspecified atom stereocenters. The van der Waals surface area contributed by atoms with Gasteiger partial charge in [-0.15, -0.1) is 0 Å². The molecule has 2 aromatic carbocycles. The predicted octanol–water partition coefficient (Wildman–Crippen LogP) is 6.44. The molecule has 3 saturated carbocycles. The first-order valence-corrected chi connectivity index (χ1v) is 10.1. The molecule has 0 radical (unpaired) electrons. The van der Waals surface area contributed by atoms with E-state index in [0.29, 0.717) is 0 Å². The maximum Gasteiger partial charge on any atom is 0.282 e. The molecule has 4 heteroatoms. The van der Waals surface area contributed by atoms with Crippen molar-refractivity contribution in [3.63, 3.8) is 0 Å². The van der Waals surface area contributed by atoms with Crippen LogP contribution in [0.1, 0.15) is 24.0 Å². The van der Waals surface area contributed by atoms with Crippen LogP contribution in [0.15, 0.2) is 66.2 Å². The van der Waals surface area contributed by atoms with Crippen LogP contribution in [-0.4, -0.2) is 14.6 Å². The van der Waals surface area contributed by atoms with Gasteiger partial charge in [-0.1, -0.05) is 98.1 Å². The van der Waals surface area contributed by atoms with E-state index in [1.54, 1.807) is 0 Å². The quantitative estimate of drug-likeness (QED) is 0.447. The lowest BCUT2D eigenvalue weighted by Gasteiger charge is -2.22. The summed E-state index contributed by atoms with van der Waals surface area (Å²) in [5.41, 5.74) is 4.54. The van der Waals surface area contributed by atoms with Gasteiger partial charge in [0, 0.05) is 11.8 Å². The van der Waals surface area contributed by atoms with E-state index in [1.807, 2.05) is 36.4 Å². The Morgan fingerprint density at radius 3 is 1.56 bits per heavy atom. The Morgan fingerprint density at radius 2 is 1.16 bits per heavy atom. The van der Waals surface area contributed by atoms with E-state index in [-0.39, 0.29) is 11.8 Å². The highest BCUT2D eigenvalue weighted by molar-refractivity contribution is 9.13. The fourth-order valence-corrected chi connectivity index (χ4v) is 7.87. The third kappa shape index (κ3) is 1.71. The smallest absolute Gasteiger partial charge is 0.203 e. The molecular weight excluding hydrogens is 450 g/mol. The Balaban J connectivity index is 1.77. The van der Waals surface area contributed by atoms with Crippen LogP contribution in [0, 0.1) is 11.8 Å². The van der Waals surface area contributed by atoms with Crippen molar-refractivity contribution in [3.8, 4) is 0 Å². The Labute approximate surface area is 162 Å². The molecule has 2 bridgehead atoms. The standard InChI is InChI=1S/C21H16Br2F2/c22-19-15-11-12-16(20(19,23)21(19,24)25)18(15)17(13-7-3-1-4-8-13)14-9-5-2-6-10-14/h1-10,15-16H,11-12H2/t15-,16+,19-,20+. The normalized spacial score (nSPS) is 37.0. The maximum atomic E-state index is 14.7. The fraction of sp³-hybridized carbons (Fsp3) is 0.333. The van der Waals surface area contributed by atoms with Crippen molar-refractivity contribution in [1.82, 2.24) is 0 Å². The summed E-state index contributed by atoms with van der Waals surface area (Å²) in [4.78, 5) is 0. The van der Waals surface area contributed by atoms with Crippen LogP contribution >= 0.6 is 31.9 Å². The molecule has 0 heterocycles. The third-order valence-electron chi connectivity index (χ3n) is 6.25. The van der Waals surface area contributed by atoms with Gasteiger partial charge in [0.05, 0.1) is 0 Å². The molecule has 3 aliphatic rings. The number of alkyl halides is 4. The molecule has 0 saturated heterocycles. The van der Waals surface area contributed by atoms with Crippen LogP contribution in [-0.2, 0) is 0 Å². The van der Waals surface area contributed by atoms with Crippen LogP contribution < -0.4 is 0 Å². The lowest BCUT2D eigenvalue weighted by atomic mass is 9.85. The van der Waals surface area contributed by atoms with Gasteiger partial charge < -0.3 is 0 Å². The van der Waals surface area contributed by atoms with Crippen LogP contribution in [0.2, 0.25) is 0 Å². The predicted molar refractivity (Wildman–Crippen MR) is 103 cm³/mol. The Hall–Kier alpha value is -1.00. The minimum Gasteiger partial charge on any atom is -0.203 e. The second-order valence-electron chi connectivity index (χ2n) is 7.24. The highest BCUT2D eigenvalue weighted by Gasteiger charge is 2.99. The Bertz CT molecular complexity index is 808. The summed E-state index contributed by atoms with van der Waals surface area (Å²) >= 11 is 6.95. The zero-order valence-electron chi connectivity index (χ0n) is 13.4. The summed E-state index contributed by atoms with van der Waals surface area (Å²) in [5, 5.41) is 0. The first-order chi connectivity index (χ1) is 11.9. The number of halogens is 4. The van der Waals surface area contributed by atoms with Crippen molar-refractivity contribution in [2.45, 2.75) is 27.4 Å². The number of allylic oxidation sites excluding steroid dienone is 1. The van der Waals surface area contributed by atoms with Gasteiger partial charge in [-0.2, -0.15) is 0 Å². The van der Waals surface area contributed by atoms with Crippen molar-refractivity contribution in [2.75, 3.05) is 0 Å². The number of fused-ring (bicyclic) bond motifs is 5. The average molecular weight is 466 g/mol. The van der Waals surface area contributed by atoms with E-state index < -0.39 is 14.6 Å². The monoisotopic (exact) mass is 464 g/mol. The van der Waals surface area contributed by atoms with E-state index in [1.165, 1.54) is 5.57 Å². The van der Waals surface area contributed by atoms with Crippen molar-refractivity contribution in [1.29, 1.82) is 0 Å². The van der Waals surface area contributed by atoms with Gasteiger partial charge in [-0.05, 0) is 29.5 Å². The second kappa shape index (κ2) is 5.04. The summed E-state index contributed by atoms with van der Waals surface area (Å²) in [7, 11) is 0. The molecule has 4 atom stereocenters. The van der Waals surface area contributed by atoms with Crippen LogP contribution in [0.3, 0.4) is 0 Å². The summed E-state index contributed by atoms with van der Waals surface area (Å²) in [6, 6.07) is 20.4. The van der Waals surface area contributed by atoms with Gasteiger partial charge in [0.25, 0.3) is 5.92 Å². The summed E-state index contributed by atoms with van der Waals surface area (Å²) in [5.74, 6) is -2.97. The van der Waals surface area contributed by atoms with Gasteiger partial charge in [-0.3, -0.25) is 0 Å². The molecule has 25 heavy (non-hydrogen) atoms. The Kier molecular flexibility index (Phi) is 3.26. The summed E-state index contributed by atoms with van der Waals surface area (Å²) in [6.45, 7) is 0. The molecular formula is C21H16Br2F2. The maximum absolute atomic E-state index is 14.7. The first-order valence-electron chi connectivity index (χ1n) is 8.55. The molecule has 3 aliphatic carbocycles. The average Bonchev–Trinajstić information content (AvgIpc) is 2.95. The van der Waals surface area contributed by atoms with E-state index >= 15 is 0 Å². The number of rotatable bonds is 2. The van der Waals surface area contributed by atoms with Gasteiger partial charge in [0.2, 0.25) is 0 Å². The molecule has 0 nitrogen and oxygen atoms in total. The second-order valence-corrected chi connectivity index (χ2v) is 9.74. The zero-order chi connectivity index (χ0) is 17.4. The lowest BCUT2D eigenvalue weighted by Crippen LogP contribution is -2.22. The molecule has 5 rings (SSSR count). The summed E-state index contributed by atoms with van der Waals surface area (Å²) < 4.78 is 27.1. The molecule has 128 valence electrons. The topological polar surface area (TPSA) is 0 Å². The molecule has 0 amide bonds. The van der Waals surface area contributed by atoms with E-state index in [4.69, 9.17) is 0 Å². The highest BCUT2D eigenvalue weighted by atomic mass is 79.9. The zero-order valence-corrected chi connectivity index (χ0v) is 16.5. The van der Waals surface area contributed by atoms with E-state index in [2.05, 4.69) is 56.1 Å². The summed E-state index contributed by atoms with van der Waals surface area (Å²) in [6.07, 6.45) is 1.63. The van der Waals surface area contributed by atoms with Crippen LogP contribution in [0.5, 0.6) is 0 Å². The first kappa shape index (κ1) is 16.2. The van der Waals surface area contributed by atoms with Gasteiger partial charge in [-0.25, -0.2) is 8.78 Å². The van der Waals surface area contributed by atoms with Crippen molar-refractivity contribution < 1.29 is 8.78 Å². The minimum absolute atomic E-state index is 0.137. The Morgan fingerprint density at radius 1 is 0.760 bits per heavy atom. The van der Waals surface area contributed by atoms with Crippen molar-refractivity contribution in [2.24, 2.45) is 11.8 Å². The SMILES string of the molecule is FC1(F)[C@]2(Br)[C@H]3CC[C@H](C3=C(c3ccccc3)c3ccccc3)[C@]12Br. The minimum atomic E-state index is -2.70. The largest absolute Gasteiger partial charge is 0.282 e. The van der Waals surface area contributed by atoms with Crippen molar-refractivity contribution in [3.05, 3.63) is 77.4 Å². The van der Waals surface area contributed by atoms with Crippen LogP contribution in [0.25, 0.3) is 5.57 Å². The molecule has 0 spiro atoms. The molecule has 0 N–H and O–H groups in total.